The largest absolute Gasteiger partial charge is 0.372 e. The highest BCUT2D eigenvalue weighted by Gasteiger charge is 2.25. The van der Waals surface area contributed by atoms with Gasteiger partial charge in [0.2, 0.25) is 0 Å². The lowest BCUT2D eigenvalue weighted by Crippen LogP contribution is -2.34. The fourth-order valence-corrected chi connectivity index (χ4v) is 1.90. The van der Waals surface area contributed by atoms with Crippen LogP contribution in [0.4, 0.5) is 0 Å². The van der Waals surface area contributed by atoms with Crippen molar-refractivity contribution in [2.24, 2.45) is 5.73 Å². The van der Waals surface area contributed by atoms with Gasteiger partial charge in [0.05, 0.1) is 6.10 Å². The summed E-state index contributed by atoms with van der Waals surface area (Å²) in [5, 5.41) is 0. The Kier molecular flexibility index (Phi) is 2.79. The predicted molar refractivity (Wildman–Crippen MR) is 54.9 cm³/mol. The topological polar surface area (TPSA) is 48.1 Å². The van der Waals surface area contributed by atoms with Crippen molar-refractivity contribution in [2.75, 3.05) is 6.61 Å². The molecule has 2 N–H and O–H groups in total. The Labute approximate surface area is 84.3 Å². The molecular formula is C11H16N2O. The van der Waals surface area contributed by atoms with Crippen molar-refractivity contribution in [1.82, 2.24) is 4.98 Å². The van der Waals surface area contributed by atoms with E-state index in [2.05, 4.69) is 11.9 Å². The molecule has 0 aliphatic carbocycles. The number of hydrogen-bond acceptors (Lipinski definition) is 3. The standard InChI is InChI=1S/C11H16N2O/c1-8-4-5-13-7-9(8)11-10(12)3-2-6-14-11/h4-5,7,10-11H,2-3,6,12H2,1H3. The quantitative estimate of drug-likeness (QED) is 0.734. The highest BCUT2D eigenvalue weighted by Crippen LogP contribution is 2.28. The van der Waals surface area contributed by atoms with Crippen molar-refractivity contribution < 1.29 is 4.74 Å². The zero-order valence-corrected chi connectivity index (χ0v) is 8.44. The summed E-state index contributed by atoms with van der Waals surface area (Å²) in [5.74, 6) is 0. The van der Waals surface area contributed by atoms with Crippen molar-refractivity contribution >= 4 is 0 Å². The Morgan fingerprint density at radius 2 is 2.43 bits per heavy atom. The molecule has 0 spiro atoms. The SMILES string of the molecule is Cc1ccncc1C1OCCCC1N. The average Bonchev–Trinajstić information content (AvgIpc) is 2.20. The summed E-state index contributed by atoms with van der Waals surface area (Å²) >= 11 is 0. The molecule has 76 valence electrons. The Morgan fingerprint density at radius 3 is 3.14 bits per heavy atom. The van der Waals surface area contributed by atoms with Crippen LogP contribution in [0.15, 0.2) is 18.5 Å². The molecule has 3 nitrogen and oxygen atoms in total. The van der Waals surface area contributed by atoms with Gasteiger partial charge in [-0.15, -0.1) is 0 Å². The lowest BCUT2D eigenvalue weighted by Gasteiger charge is -2.29. The fourth-order valence-electron chi connectivity index (χ4n) is 1.90. The molecule has 14 heavy (non-hydrogen) atoms. The number of hydrogen-bond donors (Lipinski definition) is 1. The molecule has 0 amide bonds. The van der Waals surface area contributed by atoms with Crippen molar-refractivity contribution in [3.63, 3.8) is 0 Å². The first-order valence-electron chi connectivity index (χ1n) is 5.07. The van der Waals surface area contributed by atoms with Gasteiger partial charge in [0.1, 0.15) is 0 Å². The van der Waals surface area contributed by atoms with Gasteiger partial charge in [0, 0.05) is 30.6 Å². The van der Waals surface area contributed by atoms with E-state index in [0.29, 0.717) is 0 Å². The second-order valence-corrected chi connectivity index (χ2v) is 3.83. The number of ether oxygens (including phenoxy) is 1. The molecule has 1 aliphatic heterocycles. The normalized spacial score (nSPS) is 27.6. The highest BCUT2D eigenvalue weighted by molar-refractivity contribution is 5.25. The van der Waals surface area contributed by atoms with Crippen LogP contribution in [0.3, 0.4) is 0 Å². The minimum Gasteiger partial charge on any atom is -0.372 e. The second kappa shape index (κ2) is 4.07. The molecule has 1 aliphatic rings. The van der Waals surface area contributed by atoms with Gasteiger partial charge >= 0.3 is 0 Å². The van der Waals surface area contributed by atoms with Crippen LogP contribution in [0.5, 0.6) is 0 Å². The molecule has 1 fully saturated rings. The first kappa shape index (κ1) is 9.62. The molecule has 1 aromatic heterocycles. The number of pyridine rings is 1. The third-order valence-electron chi connectivity index (χ3n) is 2.75. The van der Waals surface area contributed by atoms with Crippen LogP contribution in [-0.2, 0) is 4.74 Å². The zero-order valence-electron chi connectivity index (χ0n) is 8.44. The minimum atomic E-state index is 0.0393. The van der Waals surface area contributed by atoms with Crippen molar-refractivity contribution in [3.8, 4) is 0 Å². The van der Waals surface area contributed by atoms with Crippen LogP contribution < -0.4 is 5.73 Å². The lowest BCUT2D eigenvalue weighted by molar-refractivity contribution is -0.000411. The lowest BCUT2D eigenvalue weighted by atomic mass is 9.95. The number of aromatic nitrogens is 1. The van der Waals surface area contributed by atoms with Crippen LogP contribution in [0.25, 0.3) is 0 Å². The molecule has 2 unspecified atom stereocenters. The van der Waals surface area contributed by atoms with Crippen LogP contribution in [-0.4, -0.2) is 17.6 Å². The van der Waals surface area contributed by atoms with Crippen molar-refractivity contribution in [2.45, 2.75) is 31.9 Å². The number of nitrogens with two attached hydrogens (primary N) is 1. The summed E-state index contributed by atoms with van der Waals surface area (Å²) < 4.78 is 5.69. The molecule has 2 heterocycles. The van der Waals surface area contributed by atoms with Gasteiger partial charge in [-0.25, -0.2) is 0 Å². The Morgan fingerprint density at radius 1 is 1.57 bits per heavy atom. The maximum atomic E-state index is 6.03. The molecular weight excluding hydrogens is 176 g/mol. The molecule has 2 atom stereocenters. The summed E-state index contributed by atoms with van der Waals surface area (Å²) in [7, 11) is 0. The summed E-state index contributed by atoms with van der Waals surface area (Å²) in [4.78, 5) is 4.12. The summed E-state index contributed by atoms with van der Waals surface area (Å²) in [6, 6.07) is 2.12. The molecule has 3 heteroatoms. The third kappa shape index (κ3) is 1.79. The highest BCUT2D eigenvalue weighted by atomic mass is 16.5. The Balaban J connectivity index is 2.25. The Hall–Kier alpha value is -0.930. The van der Waals surface area contributed by atoms with E-state index in [-0.39, 0.29) is 12.1 Å². The van der Waals surface area contributed by atoms with Gasteiger partial charge in [-0.1, -0.05) is 0 Å². The van der Waals surface area contributed by atoms with E-state index in [9.17, 15) is 0 Å². The molecule has 0 bridgehead atoms. The first-order chi connectivity index (χ1) is 6.79. The van der Waals surface area contributed by atoms with E-state index in [4.69, 9.17) is 10.5 Å². The fraction of sp³-hybridized carbons (Fsp3) is 0.545. The van der Waals surface area contributed by atoms with E-state index >= 15 is 0 Å². The number of aryl methyl sites for hydroxylation is 1. The van der Waals surface area contributed by atoms with Gasteiger partial charge in [-0.2, -0.15) is 0 Å². The molecule has 0 saturated carbocycles. The van der Waals surface area contributed by atoms with E-state index in [1.807, 2.05) is 12.3 Å². The summed E-state index contributed by atoms with van der Waals surface area (Å²) in [6.45, 7) is 2.88. The minimum absolute atomic E-state index is 0.0393. The van der Waals surface area contributed by atoms with Gasteiger partial charge in [-0.3, -0.25) is 4.98 Å². The second-order valence-electron chi connectivity index (χ2n) is 3.83. The van der Waals surface area contributed by atoms with E-state index in [1.165, 1.54) is 5.56 Å². The average molecular weight is 192 g/mol. The van der Waals surface area contributed by atoms with Crippen molar-refractivity contribution in [3.05, 3.63) is 29.6 Å². The van der Waals surface area contributed by atoms with Gasteiger partial charge in [0.15, 0.2) is 0 Å². The molecule has 0 aromatic carbocycles. The van der Waals surface area contributed by atoms with Gasteiger partial charge in [-0.05, 0) is 31.4 Å². The van der Waals surface area contributed by atoms with Crippen LogP contribution in [0, 0.1) is 6.92 Å². The molecule has 2 rings (SSSR count). The zero-order chi connectivity index (χ0) is 9.97. The molecule has 0 radical (unpaired) electrons. The summed E-state index contributed by atoms with van der Waals surface area (Å²) in [6.07, 6.45) is 5.81. The Bertz CT molecular complexity index is 314. The van der Waals surface area contributed by atoms with Gasteiger partial charge in [0.25, 0.3) is 0 Å². The molecule has 1 saturated heterocycles. The molecule has 1 aromatic rings. The number of nitrogens with zero attached hydrogens (tertiary/aromatic N) is 1. The van der Waals surface area contributed by atoms with Crippen molar-refractivity contribution in [1.29, 1.82) is 0 Å². The maximum Gasteiger partial charge on any atom is 0.0993 e. The number of rotatable bonds is 1. The smallest absolute Gasteiger partial charge is 0.0993 e. The van der Waals surface area contributed by atoms with Crippen LogP contribution in [0.1, 0.15) is 30.1 Å². The van der Waals surface area contributed by atoms with Gasteiger partial charge < -0.3 is 10.5 Å². The van der Waals surface area contributed by atoms with E-state index < -0.39 is 0 Å². The van der Waals surface area contributed by atoms with E-state index in [0.717, 1.165) is 25.0 Å². The van der Waals surface area contributed by atoms with E-state index in [1.54, 1.807) is 6.20 Å². The maximum absolute atomic E-state index is 6.03. The third-order valence-corrected chi connectivity index (χ3v) is 2.75. The predicted octanol–water partition coefficient (Wildman–Crippen LogP) is 1.57. The monoisotopic (exact) mass is 192 g/mol. The van der Waals surface area contributed by atoms with Crippen LogP contribution in [0.2, 0.25) is 0 Å². The summed E-state index contributed by atoms with van der Waals surface area (Å²) in [5.41, 5.74) is 8.38. The first-order valence-corrected chi connectivity index (χ1v) is 5.07. The van der Waals surface area contributed by atoms with Crippen LogP contribution >= 0.6 is 0 Å².